The van der Waals surface area contributed by atoms with Crippen molar-refractivity contribution in [2.45, 2.75) is 39.0 Å². The molecule has 0 aromatic heterocycles. The first-order valence-electron chi connectivity index (χ1n) is 6.58. The van der Waals surface area contributed by atoms with Crippen molar-refractivity contribution in [2.24, 2.45) is 11.8 Å². The van der Waals surface area contributed by atoms with Gasteiger partial charge in [-0.2, -0.15) is 0 Å². The molecule has 0 saturated heterocycles. The lowest BCUT2D eigenvalue weighted by Crippen LogP contribution is -2.39. The third-order valence-corrected chi connectivity index (χ3v) is 3.68. The number of nitrogens with one attached hydrogen (secondary N) is 1. The zero-order valence-electron chi connectivity index (χ0n) is 11.0. The summed E-state index contributed by atoms with van der Waals surface area (Å²) in [5.74, 6) is 1.21. The van der Waals surface area contributed by atoms with Gasteiger partial charge in [-0.05, 0) is 32.2 Å². The summed E-state index contributed by atoms with van der Waals surface area (Å²) in [7, 11) is 3.87. The molecule has 1 atom stereocenters. The van der Waals surface area contributed by atoms with Crippen molar-refractivity contribution in [2.75, 3.05) is 27.2 Å². The summed E-state index contributed by atoms with van der Waals surface area (Å²) in [5.41, 5.74) is 0. The van der Waals surface area contributed by atoms with Gasteiger partial charge < -0.3 is 10.2 Å². The lowest BCUT2D eigenvalue weighted by Gasteiger charge is -2.25. The minimum atomic E-state index is 0.149. The van der Waals surface area contributed by atoms with Crippen molar-refractivity contribution in [3.05, 3.63) is 0 Å². The average Bonchev–Trinajstić information content (AvgIpc) is 2.77. The molecular weight excluding hydrogens is 200 g/mol. The Bertz CT molecular complexity index is 212. The minimum absolute atomic E-state index is 0.149. The molecule has 0 aliphatic heterocycles. The molecule has 94 valence electrons. The fourth-order valence-corrected chi connectivity index (χ4v) is 2.63. The molecule has 1 unspecified atom stereocenters. The number of hydrogen-bond acceptors (Lipinski definition) is 2. The summed E-state index contributed by atoms with van der Waals surface area (Å²) in [6.45, 7) is 3.84. The summed E-state index contributed by atoms with van der Waals surface area (Å²) in [6.07, 6.45) is 6.23. The molecule has 1 fully saturated rings. The fraction of sp³-hybridized carbons (Fsp3) is 0.923. The molecule has 0 heterocycles. The van der Waals surface area contributed by atoms with Crippen molar-refractivity contribution >= 4 is 5.91 Å². The molecule has 1 amide bonds. The first-order chi connectivity index (χ1) is 7.69. The van der Waals surface area contributed by atoms with Crippen LogP contribution in [0.4, 0.5) is 0 Å². The van der Waals surface area contributed by atoms with Gasteiger partial charge in [-0.25, -0.2) is 0 Å². The van der Waals surface area contributed by atoms with E-state index in [0.29, 0.717) is 5.91 Å². The Morgan fingerprint density at radius 1 is 1.44 bits per heavy atom. The van der Waals surface area contributed by atoms with Crippen LogP contribution < -0.4 is 5.32 Å². The Hall–Kier alpha value is -0.570. The molecule has 1 aliphatic carbocycles. The molecule has 16 heavy (non-hydrogen) atoms. The van der Waals surface area contributed by atoms with Crippen LogP contribution in [0, 0.1) is 11.8 Å². The molecule has 1 rings (SSSR count). The number of amides is 1. The van der Waals surface area contributed by atoms with E-state index in [1.54, 1.807) is 0 Å². The second kappa shape index (κ2) is 6.89. The highest BCUT2D eigenvalue weighted by Crippen LogP contribution is 2.25. The van der Waals surface area contributed by atoms with E-state index < -0.39 is 0 Å². The van der Waals surface area contributed by atoms with Crippen LogP contribution >= 0.6 is 0 Å². The van der Waals surface area contributed by atoms with Crippen LogP contribution in [0.5, 0.6) is 0 Å². The van der Waals surface area contributed by atoms with Gasteiger partial charge in [-0.15, -0.1) is 0 Å². The van der Waals surface area contributed by atoms with E-state index >= 15 is 0 Å². The second-order valence-electron chi connectivity index (χ2n) is 5.03. The topological polar surface area (TPSA) is 32.3 Å². The van der Waals surface area contributed by atoms with Crippen LogP contribution in [0.25, 0.3) is 0 Å². The lowest BCUT2D eigenvalue weighted by atomic mass is 10.0. The van der Waals surface area contributed by atoms with Crippen LogP contribution in [-0.4, -0.2) is 38.0 Å². The van der Waals surface area contributed by atoms with Gasteiger partial charge in [0.15, 0.2) is 0 Å². The molecule has 0 spiro atoms. The Balaban J connectivity index is 2.38. The maximum absolute atomic E-state index is 12.1. The number of rotatable bonds is 6. The zero-order valence-corrected chi connectivity index (χ0v) is 11.0. The lowest BCUT2D eigenvalue weighted by molar-refractivity contribution is -0.134. The van der Waals surface area contributed by atoms with Crippen molar-refractivity contribution < 1.29 is 4.79 Å². The number of hydrogen-bond donors (Lipinski definition) is 1. The van der Waals surface area contributed by atoms with Gasteiger partial charge >= 0.3 is 0 Å². The maximum atomic E-state index is 12.1. The SMILES string of the molecule is CCC(CNC)C(=O)N(C)CC1CCCC1. The summed E-state index contributed by atoms with van der Waals surface area (Å²) in [4.78, 5) is 14.1. The first kappa shape index (κ1) is 13.5. The van der Waals surface area contributed by atoms with Gasteiger partial charge in [-0.1, -0.05) is 19.8 Å². The third-order valence-electron chi connectivity index (χ3n) is 3.68. The molecule has 1 N–H and O–H groups in total. The predicted molar refractivity (Wildman–Crippen MR) is 67.3 cm³/mol. The Morgan fingerprint density at radius 3 is 2.56 bits per heavy atom. The fourth-order valence-electron chi connectivity index (χ4n) is 2.63. The van der Waals surface area contributed by atoms with E-state index in [1.807, 2.05) is 19.0 Å². The van der Waals surface area contributed by atoms with Gasteiger partial charge in [0.2, 0.25) is 5.91 Å². The van der Waals surface area contributed by atoms with E-state index in [-0.39, 0.29) is 5.92 Å². The molecule has 3 heteroatoms. The minimum Gasteiger partial charge on any atom is -0.345 e. The molecular formula is C13H26N2O. The Labute approximate surface area is 99.6 Å². The van der Waals surface area contributed by atoms with E-state index in [4.69, 9.17) is 0 Å². The largest absolute Gasteiger partial charge is 0.345 e. The first-order valence-corrected chi connectivity index (χ1v) is 6.58. The highest BCUT2D eigenvalue weighted by molar-refractivity contribution is 5.78. The zero-order chi connectivity index (χ0) is 12.0. The normalized spacial score (nSPS) is 18.7. The smallest absolute Gasteiger partial charge is 0.226 e. The van der Waals surface area contributed by atoms with Gasteiger partial charge in [0.25, 0.3) is 0 Å². The van der Waals surface area contributed by atoms with E-state index in [2.05, 4.69) is 12.2 Å². The monoisotopic (exact) mass is 226 g/mol. The molecule has 3 nitrogen and oxygen atoms in total. The van der Waals surface area contributed by atoms with E-state index in [0.717, 1.165) is 25.4 Å². The van der Waals surface area contributed by atoms with Crippen LogP contribution in [0.15, 0.2) is 0 Å². The summed E-state index contributed by atoms with van der Waals surface area (Å²) in [5, 5.41) is 3.10. The molecule has 0 aromatic carbocycles. The Morgan fingerprint density at radius 2 is 2.06 bits per heavy atom. The highest BCUT2D eigenvalue weighted by Gasteiger charge is 2.23. The maximum Gasteiger partial charge on any atom is 0.226 e. The van der Waals surface area contributed by atoms with E-state index in [1.165, 1.54) is 25.7 Å². The second-order valence-corrected chi connectivity index (χ2v) is 5.03. The average molecular weight is 226 g/mol. The summed E-state index contributed by atoms with van der Waals surface area (Å²) >= 11 is 0. The number of nitrogens with zero attached hydrogens (tertiary/aromatic N) is 1. The molecule has 0 aromatic rings. The van der Waals surface area contributed by atoms with Crippen LogP contribution in [0.3, 0.4) is 0 Å². The van der Waals surface area contributed by atoms with Gasteiger partial charge in [-0.3, -0.25) is 4.79 Å². The predicted octanol–water partition coefficient (Wildman–Crippen LogP) is 1.88. The molecule has 1 aliphatic rings. The molecule has 0 bridgehead atoms. The Kier molecular flexibility index (Phi) is 5.81. The highest BCUT2D eigenvalue weighted by atomic mass is 16.2. The standard InChI is InChI=1S/C13H26N2O/c1-4-12(9-14-2)13(16)15(3)10-11-7-5-6-8-11/h11-12,14H,4-10H2,1-3H3. The number of carbonyl (C=O) groups excluding carboxylic acids is 1. The van der Waals surface area contributed by atoms with Gasteiger partial charge in [0.1, 0.15) is 0 Å². The quantitative estimate of drug-likeness (QED) is 0.750. The molecule has 1 saturated carbocycles. The third kappa shape index (κ3) is 3.78. The van der Waals surface area contributed by atoms with Gasteiger partial charge in [0, 0.05) is 20.1 Å². The summed E-state index contributed by atoms with van der Waals surface area (Å²) in [6, 6.07) is 0. The summed E-state index contributed by atoms with van der Waals surface area (Å²) < 4.78 is 0. The number of carbonyl (C=O) groups is 1. The van der Waals surface area contributed by atoms with Crippen LogP contribution in [0.1, 0.15) is 39.0 Å². The van der Waals surface area contributed by atoms with Crippen molar-refractivity contribution in [3.8, 4) is 0 Å². The van der Waals surface area contributed by atoms with Crippen molar-refractivity contribution in [3.63, 3.8) is 0 Å². The molecule has 0 radical (unpaired) electrons. The van der Waals surface area contributed by atoms with Gasteiger partial charge in [0.05, 0.1) is 5.92 Å². The van der Waals surface area contributed by atoms with Crippen molar-refractivity contribution in [1.29, 1.82) is 0 Å². The van der Waals surface area contributed by atoms with Crippen LogP contribution in [-0.2, 0) is 4.79 Å². The van der Waals surface area contributed by atoms with Crippen LogP contribution in [0.2, 0.25) is 0 Å². The van der Waals surface area contributed by atoms with E-state index in [9.17, 15) is 4.79 Å². The van der Waals surface area contributed by atoms with Crippen molar-refractivity contribution in [1.82, 2.24) is 10.2 Å².